The SMILES string of the molecule is NCCCC[C@H](NCCC1C(=O)NC(=O)NC1=O)C(=O)O. The Hall–Kier alpha value is -2.00. The molecule has 0 spiro atoms. The minimum absolute atomic E-state index is 0.117. The zero-order chi connectivity index (χ0) is 15.8. The van der Waals surface area contributed by atoms with Gasteiger partial charge < -0.3 is 16.2 Å². The Labute approximate surface area is 121 Å². The molecular formula is C12H20N4O5. The van der Waals surface area contributed by atoms with Gasteiger partial charge in [-0.25, -0.2) is 4.79 Å². The first kappa shape index (κ1) is 17.1. The van der Waals surface area contributed by atoms with Crippen LogP contribution in [0.3, 0.4) is 0 Å². The monoisotopic (exact) mass is 300 g/mol. The van der Waals surface area contributed by atoms with Crippen molar-refractivity contribution in [3.05, 3.63) is 0 Å². The predicted molar refractivity (Wildman–Crippen MR) is 72.1 cm³/mol. The van der Waals surface area contributed by atoms with E-state index in [2.05, 4.69) is 5.32 Å². The predicted octanol–water partition coefficient (Wildman–Crippen LogP) is -1.47. The van der Waals surface area contributed by atoms with Crippen molar-refractivity contribution in [1.29, 1.82) is 0 Å². The molecular weight excluding hydrogens is 280 g/mol. The lowest BCUT2D eigenvalue weighted by Gasteiger charge is -2.21. The zero-order valence-electron chi connectivity index (χ0n) is 11.6. The standard InChI is InChI=1S/C12H20N4O5/c13-5-2-1-3-8(11(19)20)14-6-4-7-9(17)15-12(21)16-10(7)18/h7-8,14H,1-6,13H2,(H,19,20)(H2,15,16,17,18,21)/t8-/m0/s1. The molecule has 9 nitrogen and oxygen atoms in total. The second-order valence-corrected chi connectivity index (χ2v) is 4.78. The average Bonchev–Trinajstić information content (AvgIpc) is 2.39. The Morgan fingerprint density at radius 1 is 1.24 bits per heavy atom. The normalized spacial score (nSPS) is 17.3. The summed E-state index contributed by atoms with van der Waals surface area (Å²) >= 11 is 0. The van der Waals surface area contributed by atoms with Crippen LogP contribution in [0.15, 0.2) is 0 Å². The van der Waals surface area contributed by atoms with Crippen LogP contribution in [0.2, 0.25) is 0 Å². The number of aliphatic carboxylic acids is 1. The highest BCUT2D eigenvalue weighted by molar-refractivity contribution is 6.16. The van der Waals surface area contributed by atoms with Gasteiger partial charge in [0.25, 0.3) is 0 Å². The van der Waals surface area contributed by atoms with Gasteiger partial charge >= 0.3 is 12.0 Å². The van der Waals surface area contributed by atoms with Crippen molar-refractivity contribution in [2.24, 2.45) is 11.7 Å². The van der Waals surface area contributed by atoms with Gasteiger partial charge in [-0.15, -0.1) is 0 Å². The molecule has 0 unspecified atom stereocenters. The molecule has 118 valence electrons. The van der Waals surface area contributed by atoms with E-state index >= 15 is 0 Å². The first-order chi connectivity index (χ1) is 9.95. The molecule has 0 aromatic heterocycles. The minimum Gasteiger partial charge on any atom is -0.480 e. The topological polar surface area (TPSA) is 151 Å². The summed E-state index contributed by atoms with van der Waals surface area (Å²) in [7, 11) is 0. The minimum atomic E-state index is -0.992. The van der Waals surface area contributed by atoms with E-state index < -0.39 is 35.8 Å². The summed E-state index contributed by atoms with van der Waals surface area (Å²) in [4.78, 5) is 44.9. The molecule has 9 heteroatoms. The van der Waals surface area contributed by atoms with Crippen molar-refractivity contribution in [2.75, 3.05) is 13.1 Å². The number of hydrogen-bond acceptors (Lipinski definition) is 6. The lowest BCUT2D eigenvalue weighted by atomic mass is 10.0. The van der Waals surface area contributed by atoms with Gasteiger partial charge in [-0.3, -0.25) is 25.0 Å². The van der Waals surface area contributed by atoms with Crippen LogP contribution < -0.4 is 21.7 Å². The Kier molecular flexibility index (Phi) is 6.76. The summed E-state index contributed by atoms with van der Waals surface area (Å²) < 4.78 is 0. The van der Waals surface area contributed by atoms with Crippen molar-refractivity contribution in [3.8, 4) is 0 Å². The summed E-state index contributed by atoms with van der Waals surface area (Å²) in [5.41, 5.74) is 5.35. The molecule has 1 aliphatic heterocycles. The highest BCUT2D eigenvalue weighted by Gasteiger charge is 2.33. The lowest BCUT2D eigenvalue weighted by molar-refractivity contribution is -0.139. The molecule has 0 radical (unpaired) electrons. The molecule has 1 rings (SSSR count). The molecule has 1 aliphatic rings. The van der Waals surface area contributed by atoms with Gasteiger partial charge in [-0.1, -0.05) is 6.42 Å². The van der Waals surface area contributed by atoms with Crippen LogP contribution in [0.1, 0.15) is 25.7 Å². The lowest BCUT2D eigenvalue weighted by Crippen LogP contribution is -2.56. The van der Waals surface area contributed by atoms with Gasteiger partial charge in [0.05, 0.1) is 0 Å². The van der Waals surface area contributed by atoms with Crippen molar-refractivity contribution in [2.45, 2.75) is 31.7 Å². The Bertz CT molecular complexity index is 406. The molecule has 0 aliphatic carbocycles. The fourth-order valence-electron chi connectivity index (χ4n) is 2.02. The average molecular weight is 300 g/mol. The molecule has 0 aromatic carbocycles. The third-order valence-electron chi connectivity index (χ3n) is 3.18. The first-order valence-corrected chi connectivity index (χ1v) is 6.77. The number of carboxylic acids is 1. The maximum atomic E-state index is 11.5. The van der Waals surface area contributed by atoms with E-state index in [4.69, 9.17) is 10.8 Å². The largest absolute Gasteiger partial charge is 0.480 e. The summed E-state index contributed by atoms with van der Waals surface area (Å²) in [6.45, 7) is 0.683. The van der Waals surface area contributed by atoms with Crippen molar-refractivity contribution >= 4 is 23.8 Å². The molecule has 0 aromatic rings. The first-order valence-electron chi connectivity index (χ1n) is 6.77. The van der Waals surface area contributed by atoms with Crippen LogP contribution in [-0.4, -0.2) is 48.1 Å². The van der Waals surface area contributed by atoms with Crippen LogP contribution in [-0.2, 0) is 14.4 Å². The molecule has 0 bridgehead atoms. The van der Waals surface area contributed by atoms with Gasteiger partial charge in [0.15, 0.2) is 0 Å². The summed E-state index contributed by atoms with van der Waals surface area (Å²) in [5.74, 6) is -3.31. The molecule has 4 amide bonds. The van der Waals surface area contributed by atoms with E-state index in [0.717, 1.165) is 6.42 Å². The van der Waals surface area contributed by atoms with Crippen LogP contribution >= 0.6 is 0 Å². The summed E-state index contributed by atoms with van der Waals surface area (Å²) in [6.07, 6.45) is 1.96. The Morgan fingerprint density at radius 3 is 2.38 bits per heavy atom. The van der Waals surface area contributed by atoms with Crippen molar-refractivity contribution in [1.82, 2.24) is 16.0 Å². The second-order valence-electron chi connectivity index (χ2n) is 4.78. The number of unbranched alkanes of at least 4 members (excludes halogenated alkanes) is 1. The maximum absolute atomic E-state index is 11.5. The number of carboxylic acid groups (broad SMARTS) is 1. The molecule has 1 heterocycles. The summed E-state index contributed by atoms with van der Waals surface area (Å²) in [5, 5.41) is 15.8. The third kappa shape index (κ3) is 5.48. The van der Waals surface area contributed by atoms with E-state index in [1.165, 1.54) is 0 Å². The number of carbonyl (C=O) groups excluding carboxylic acids is 3. The molecule has 1 fully saturated rings. The molecule has 1 atom stereocenters. The van der Waals surface area contributed by atoms with E-state index in [-0.39, 0.29) is 13.0 Å². The Morgan fingerprint density at radius 2 is 1.86 bits per heavy atom. The van der Waals surface area contributed by atoms with Crippen LogP contribution in [0.4, 0.5) is 4.79 Å². The quantitative estimate of drug-likeness (QED) is 0.257. The Balaban J connectivity index is 2.39. The van der Waals surface area contributed by atoms with E-state index in [1.807, 2.05) is 10.6 Å². The number of nitrogens with one attached hydrogen (secondary N) is 3. The molecule has 21 heavy (non-hydrogen) atoms. The fourth-order valence-corrected chi connectivity index (χ4v) is 2.02. The van der Waals surface area contributed by atoms with E-state index in [0.29, 0.717) is 19.4 Å². The number of amides is 4. The maximum Gasteiger partial charge on any atom is 0.328 e. The van der Waals surface area contributed by atoms with E-state index in [1.54, 1.807) is 0 Å². The van der Waals surface area contributed by atoms with Gasteiger partial charge in [-0.2, -0.15) is 0 Å². The second kappa shape index (κ2) is 8.32. The molecule has 6 N–H and O–H groups in total. The number of urea groups is 1. The summed E-state index contributed by atoms with van der Waals surface area (Å²) in [6, 6.07) is -1.58. The van der Waals surface area contributed by atoms with Crippen molar-refractivity contribution in [3.63, 3.8) is 0 Å². The number of hydrogen-bond donors (Lipinski definition) is 5. The van der Waals surface area contributed by atoms with Gasteiger partial charge in [0, 0.05) is 0 Å². The third-order valence-corrected chi connectivity index (χ3v) is 3.18. The highest BCUT2D eigenvalue weighted by atomic mass is 16.4. The van der Waals surface area contributed by atoms with Crippen molar-refractivity contribution < 1.29 is 24.3 Å². The number of imide groups is 2. The van der Waals surface area contributed by atoms with Gasteiger partial charge in [0.2, 0.25) is 11.8 Å². The van der Waals surface area contributed by atoms with Crippen LogP contribution in [0.5, 0.6) is 0 Å². The molecule has 1 saturated heterocycles. The van der Waals surface area contributed by atoms with Crippen LogP contribution in [0, 0.1) is 5.92 Å². The highest BCUT2D eigenvalue weighted by Crippen LogP contribution is 2.07. The van der Waals surface area contributed by atoms with Gasteiger partial charge in [-0.05, 0) is 32.4 Å². The fraction of sp³-hybridized carbons (Fsp3) is 0.667. The number of rotatable bonds is 9. The number of carbonyl (C=O) groups is 4. The van der Waals surface area contributed by atoms with E-state index in [9.17, 15) is 19.2 Å². The number of barbiturate groups is 1. The molecule has 0 saturated carbocycles. The van der Waals surface area contributed by atoms with Gasteiger partial charge in [0.1, 0.15) is 12.0 Å². The van der Waals surface area contributed by atoms with Crippen LogP contribution in [0.25, 0.3) is 0 Å². The number of nitrogens with two attached hydrogens (primary N) is 1. The smallest absolute Gasteiger partial charge is 0.328 e. The zero-order valence-corrected chi connectivity index (χ0v) is 11.6.